The van der Waals surface area contributed by atoms with Crippen LogP contribution in [0.5, 0.6) is 0 Å². The molecule has 0 radical (unpaired) electrons. The number of anilines is 2. The van der Waals surface area contributed by atoms with Gasteiger partial charge in [-0.15, -0.1) is 0 Å². The molecular weight excluding hydrogens is 298 g/mol. The van der Waals surface area contributed by atoms with Gasteiger partial charge >= 0.3 is 0 Å². The summed E-state index contributed by atoms with van der Waals surface area (Å²) in [6, 6.07) is 8.42. The maximum atomic E-state index is 12.5. The number of pyridine rings is 1. The quantitative estimate of drug-likeness (QED) is 0.863. The van der Waals surface area contributed by atoms with E-state index in [1.54, 1.807) is 12.3 Å². The van der Waals surface area contributed by atoms with Crippen LogP contribution in [-0.4, -0.2) is 16.9 Å². The second-order valence-electron chi connectivity index (χ2n) is 6.79. The van der Waals surface area contributed by atoms with Gasteiger partial charge < -0.3 is 10.6 Å². The zero-order valence-electron chi connectivity index (χ0n) is 14.6. The number of nitrogens with zero attached hydrogens (tertiary/aromatic N) is 1. The average molecular weight is 323 g/mol. The molecule has 0 aliphatic heterocycles. The summed E-state index contributed by atoms with van der Waals surface area (Å²) in [5, 5.41) is 6.48. The molecule has 1 saturated carbocycles. The van der Waals surface area contributed by atoms with Crippen LogP contribution in [0.2, 0.25) is 0 Å². The van der Waals surface area contributed by atoms with Gasteiger partial charge in [0.25, 0.3) is 5.91 Å². The SMILES string of the molecule is Cc1cc(C)c(NC(=O)c2ccc(NC3CCCC3)cn2)c(C)c1. The molecule has 126 valence electrons. The molecule has 1 aliphatic rings. The summed E-state index contributed by atoms with van der Waals surface area (Å²) in [4.78, 5) is 16.8. The Bertz CT molecular complexity index is 708. The number of nitrogens with one attached hydrogen (secondary N) is 2. The number of carbonyl (C=O) groups is 1. The van der Waals surface area contributed by atoms with Crippen molar-refractivity contribution in [2.24, 2.45) is 0 Å². The van der Waals surface area contributed by atoms with Crippen LogP contribution < -0.4 is 10.6 Å². The first-order valence-electron chi connectivity index (χ1n) is 8.65. The van der Waals surface area contributed by atoms with Gasteiger partial charge in [0.05, 0.1) is 11.9 Å². The number of rotatable bonds is 4. The average Bonchev–Trinajstić information content (AvgIpc) is 3.04. The molecular formula is C20H25N3O. The Morgan fingerprint density at radius 3 is 2.33 bits per heavy atom. The molecule has 0 spiro atoms. The van der Waals surface area contributed by atoms with Crippen molar-refractivity contribution in [2.75, 3.05) is 10.6 Å². The van der Waals surface area contributed by atoms with Gasteiger partial charge in [0.15, 0.2) is 0 Å². The smallest absolute Gasteiger partial charge is 0.274 e. The topological polar surface area (TPSA) is 54.0 Å². The number of hydrogen-bond acceptors (Lipinski definition) is 3. The van der Waals surface area contributed by atoms with Crippen LogP contribution in [0.3, 0.4) is 0 Å². The van der Waals surface area contributed by atoms with Gasteiger partial charge in [-0.05, 0) is 56.9 Å². The molecule has 1 fully saturated rings. The number of hydrogen-bond donors (Lipinski definition) is 2. The van der Waals surface area contributed by atoms with Gasteiger partial charge in [0.1, 0.15) is 5.69 Å². The molecule has 3 rings (SSSR count). The number of aryl methyl sites for hydroxylation is 3. The van der Waals surface area contributed by atoms with E-state index in [0.29, 0.717) is 11.7 Å². The minimum Gasteiger partial charge on any atom is -0.381 e. The van der Waals surface area contributed by atoms with Crippen LogP contribution in [0.1, 0.15) is 52.9 Å². The third-order valence-corrected chi connectivity index (χ3v) is 4.64. The molecule has 24 heavy (non-hydrogen) atoms. The first-order valence-corrected chi connectivity index (χ1v) is 8.65. The van der Waals surface area contributed by atoms with E-state index in [-0.39, 0.29) is 5.91 Å². The third kappa shape index (κ3) is 3.75. The van der Waals surface area contributed by atoms with Crippen molar-refractivity contribution in [3.05, 3.63) is 52.8 Å². The van der Waals surface area contributed by atoms with Gasteiger partial charge in [0.2, 0.25) is 0 Å². The summed E-state index contributed by atoms with van der Waals surface area (Å²) in [7, 11) is 0. The van der Waals surface area contributed by atoms with Gasteiger partial charge in [-0.25, -0.2) is 4.98 Å². The van der Waals surface area contributed by atoms with Crippen LogP contribution in [0.4, 0.5) is 11.4 Å². The Kier molecular flexibility index (Phi) is 4.84. The molecule has 0 unspecified atom stereocenters. The predicted molar refractivity (Wildman–Crippen MR) is 98.7 cm³/mol. The second-order valence-corrected chi connectivity index (χ2v) is 6.79. The van der Waals surface area contributed by atoms with Crippen molar-refractivity contribution in [3.63, 3.8) is 0 Å². The summed E-state index contributed by atoms with van der Waals surface area (Å²) in [6.45, 7) is 6.08. The summed E-state index contributed by atoms with van der Waals surface area (Å²) < 4.78 is 0. The number of amides is 1. The van der Waals surface area contributed by atoms with Crippen molar-refractivity contribution >= 4 is 17.3 Å². The van der Waals surface area contributed by atoms with E-state index in [1.165, 1.54) is 31.2 Å². The van der Waals surface area contributed by atoms with Gasteiger partial charge in [0, 0.05) is 11.7 Å². The zero-order valence-corrected chi connectivity index (χ0v) is 14.6. The Morgan fingerprint density at radius 2 is 1.75 bits per heavy atom. The number of aromatic nitrogens is 1. The van der Waals surface area contributed by atoms with E-state index in [2.05, 4.69) is 34.7 Å². The zero-order chi connectivity index (χ0) is 17.1. The first-order chi connectivity index (χ1) is 11.5. The van der Waals surface area contributed by atoms with E-state index >= 15 is 0 Å². The van der Waals surface area contributed by atoms with E-state index in [9.17, 15) is 4.79 Å². The van der Waals surface area contributed by atoms with Crippen LogP contribution >= 0.6 is 0 Å². The highest BCUT2D eigenvalue weighted by atomic mass is 16.1. The summed E-state index contributed by atoms with van der Waals surface area (Å²) >= 11 is 0. The van der Waals surface area contributed by atoms with Crippen molar-refractivity contribution in [2.45, 2.75) is 52.5 Å². The fraction of sp³-hybridized carbons (Fsp3) is 0.400. The standard InChI is InChI=1S/C20H25N3O/c1-13-10-14(2)19(15(3)11-13)23-20(24)18-9-8-17(12-21-18)22-16-6-4-5-7-16/h8-12,16,22H,4-7H2,1-3H3,(H,23,24). The predicted octanol–water partition coefficient (Wildman–Crippen LogP) is 4.61. The van der Waals surface area contributed by atoms with Crippen molar-refractivity contribution in [1.29, 1.82) is 0 Å². The number of carbonyl (C=O) groups excluding carboxylic acids is 1. The van der Waals surface area contributed by atoms with Gasteiger partial charge in [-0.2, -0.15) is 0 Å². The fourth-order valence-corrected chi connectivity index (χ4v) is 3.47. The number of benzene rings is 1. The lowest BCUT2D eigenvalue weighted by Crippen LogP contribution is -2.17. The van der Waals surface area contributed by atoms with E-state index in [1.807, 2.05) is 19.9 Å². The van der Waals surface area contributed by atoms with Gasteiger partial charge in [-0.3, -0.25) is 4.79 Å². The second kappa shape index (κ2) is 7.04. The molecule has 1 amide bonds. The van der Waals surface area contributed by atoms with Crippen LogP contribution in [0, 0.1) is 20.8 Å². The molecule has 2 N–H and O–H groups in total. The first kappa shape index (κ1) is 16.5. The third-order valence-electron chi connectivity index (χ3n) is 4.64. The minimum atomic E-state index is -0.169. The van der Waals surface area contributed by atoms with E-state index < -0.39 is 0 Å². The lowest BCUT2D eigenvalue weighted by molar-refractivity contribution is 0.102. The normalized spacial score (nSPS) is 14.6. The lowest BCUT2D eigenvalue weighted by Gasteiger charge is -2.14. The summed E-state index contributed by atoms with van der Waals surface area (Å²) in [5.41, 5.74) is 5.64. The molecule has 4 heteroatoms. The molecule has 2 aromatic rings. The van der Waals surface area contributed by atoms with E-state index in [0.717, 1.165) is 22.5 Å². The minimum absolute atomic E-state index is 0.169. The van der Waals surface area contributed by atoms with Crippen molar-refractivity contribution < 1.29 is 4.79 Å². The van der Waals surface area contributed by atoms with Crippen LogP contribution in [0.15, 0.2) is 30.5 Å². The molecule has 1 aliphatic carbocycles. The molecule has 1 aromatic heterocycles. The van der Waals surface area contributed by atoms with Gasteiger partial charge in [-0.1, -0.05) is 30.5 Å². The Labute approximate surface area is 143 Å². The van der Waals surface area contributed by atoms with Crippen LogP contribution in [0.25, 0.3) is 0 Å². The highest BCUT2D eigenvalue weighted by Crippen LogP contribution is 2.23. The largest absolute Gasteiger partial charge is 0.381 e. The highest BCUT2D eigenvalue weighted by Gasteiger charge is 2.15. The molecule has 0 bridgehead atoms. The molecule has 1 aromatic carbocycles. The van der Waals surface area contributed by atoms with Crippen molar-refractivity contribution in [1.82, 2.24) is 4.98 Å². The Morgan fingerprint density at radius 1 is 1.08 bits per heavy atom. The molecule has 0 saturated heterocycles. The van der Waals surface area contributed by atoms with Crippen molar-refractivity contribution in [3.8, 4) is 0 Å². The highest BCUT2D eigenvalue weighted by molar-refractivity contribution is 6.03. The maximum absolute atomic E-state index is 12.5. The lowest BCUT2D eigenvalue weighted by atomic mass is 10.0. The summed E-state index contributed by atoms with van der Waals surface area (Å²) in [5.74, 6) is -0.169. The maximum Gasteiger partial charge on any atom is 0.274 e. The molecule has 0 atom stereocenters. The Hall–Kier alpha value is -2.36. The van der Waals surface area contributed by atoms with Crippen LogP contribution in [-0.2, 0) is 0 Å². The summed E-state index contributed by atoms with van der Waals surface area (Å²) in [6.07, 6.45) is 6.77. The fourth-order valence-electron chi connectivity index (χ4n) is 3.47. The Balaban J connectivity index is 1.69. The van der Waals surface area contributed by atoms with E-state index in [4.69, 9.17) is 0 Å². The molecule has 1 heterocycles. The monoisotopic (exact) mass is 323 g/mol. The molecule has 4 nitrogen and oxygen atoms in total.